The summed E-state index contributed by atoms with van der Waals surface area (Å²) in [7, 11) is 0. The molecule has 0 spiro atoms. The van der Waals surface area contributed by atoms with E-state index in [1.54, 1.807) is 0 Å². The van der Waals surface area contributed by atoms with Gasteiger partial charge in [-0.2, -0.15) is 13.2 Å². The van der Waals surface area contributed by atoms with Gasteiger partial charge in [0, 0.05) is 17.1 Å². The Morgan fingerprint density at radius 1 is 0.568 bits per heavy atom. The average molecular weight is 492 g/mol. The van der Waals surface area contributed by atoms with Gasteiger partial charge in [-0.15, -0.1) is 0 Å². The van der Waals surface area contributed by atoms with Crippen LogP contribution in [0.4, 0.5) is 30.2 Å². The Kier molecular flexibility index (Phi) is 5.60. The number of aryl methyl sites for hydroxylation is 1. The zero-order chi connectivity index (χ0) is 25.6. The molecule has 5 aromatic rings. The zero-order valence-corrected chi connectivity index (χ0v) is 20.3. The van der Waals surface area contributed by atoms with E-state index < -0.39 is 11.7 Å². The van der Waals surface area contributed by atoms with Gasteiger partial charge in [0.15, 0.2) is 0 Å². The molecular formula is C33H24F3N. The maximum Gasteiger partial charge on any atom is 0.416 e. The first-order valence-electron chi connectivity index (χ1n) is 12.2. The lowest BCUT2D eigenvalue weighted by Crippen LogP contribution is -2.11. The Morgan fingerprint density at radius 3 is 1.76 bits per heavy atom. The van der Waals surface area contributed by atoms with E-state index in [9.17, 15) is 13.2 Å². The third-order valence-electron chi connectivity index (χ3n) is 7.00. The number of anilines is 3. The minimum Gasteiger partial charge on any atom is -0.311 e. The molecule has 0 atom stereocenters. The normalized spacial score (nSPS) is 12.2. The van der Waals surface area contributed by atoms with Crippen molar-refractivity contribution < 1.29 is 13.2 Å². The monoisotopic (exact) mass is 491 g/mol. The third-order valence-corrected chi connectivity index (χ3v) is 7.00. The average Bonchev–Trinajstić information content (AvgIpc) is 3.28. The van der Waals surface area contributed by atoms with Crippen molar-refractivity contribution in [2.45, 2.75) is 19.5 Å². The molecule has 0 saturated carbocycles. The molecule has 1 nitrogen and oxygen atoms in total. The molecule has 37 heavy (non-hydrogen) atoms. The van der Waals surface area contributed by atoms with Crippen LogP contribution < -0.4 is 4.90 Å². The summed E-state index contributed by atoms with van der Waals surface area (Å²) < 4.78 is 39.5. The largest absolute Gasteiger partial charge is 0.416 e. The van der Waals surface area contributed by atoms with Crippen molar-refractivity contribution in [2.75, 3.05) is 4.90 Å². The third kappa shape index (κ3) is 4.40. The smallest absolute Gasteiger partial charge is 0.311 e. The van der Waals surface area contributed by atoms with Crippen LogP contribution in [-0.4, -0.2) is 0 Å². The first-order chi connectivity index (χ1) is 17.9. The van der Waals surface area contributed by atoms with Gasteiger partial charge in [-0.1, -0.05) is 66.2 Å². The minimum absolute atomic E-state index is 0.659. The van der Waals surface area contributed by atoms with Crippen LogP contribution in [0, 0.1) is 6.92 Å². The van der Waals surface area contributed by atoms with Crippen molar-refractivity contribution in [1.82, 2.24) is 0 Å². The summed E-state index contributed by atoms with van der Waals surface area (Å²) in [6.45, 7) is 2.01. The van der Waals surface area contributed by atoms with E-state index in [4.69, 9.17) is 0 Å². The first-order valence-corrected chi connectivity index (χ1v) is 12.2. The quantitative estimate of drug-likeness (QED) is 0.237. The highest BCUT2D eigenvalue weighted by Gasteiger charge is 2.30. The number of halogens is 3. The van der Waals surface area contributed by atoms with E-state index >= 15 is 0 Å². The predicted molar refractivity (Wildman–Crippen MR) is 145 cm³/mol. The molecule has 0 fully saturated rings. The van der Waals surface area contributed by atoms with Gasteiger partial charge in [-0.05, 0) is 101 Å². The molecule has 1 aliphatic rings. The summed E-state index contributed by atoms with van der Waals surface area (Å²) in [5, 5.41) is 0. The van der Waals surface area contributed by atoms with Gasteiger partial charge >= 0.3 is 6.18 Å². The Hall–Kier alpha value is -4.31. The van der Waals surface area contributed by atoms with Crippen LogP contribution in [-0.2, 0) is 12.6 Å². The molecule has 0 heterocycles. The van der Waals surface area contributed by atoms with E-state index in [2.05, 4.69) is 54.6 Å². The van der Waals surface area contributed by atoms with Gasteiger partial charge in [0.1, 0.15) is 0 Å². The molecule has 0 N–H and O–H groups in total. The highest BCUT2D eigenvalue weighted by Crippen LogP contribution is 2.40. The van der Waals surface area contributed by atoms with Crippen LogP contribution in [0.25, 0.3) is 22.3 Å². The molecule has 0 aromatic heterocycles. The van der Waals surface area contributed by atoms with Crippen LogP contribution in [0.2, 0.25) is 0 Å². The number of hydrogen-bond donors (Lipinski definition) is 0. The van der Waals surface area contributed by atoms with Crippen LogP contribution in [0.3, 0.4) is 0 Å². The van der Waals surface area contributed by atoms with Gasteiger partial charge < -0.3 is 4.90 Å². The van der Waals surface area contributed by atoms with Crippen molar-refractivity contribution in [3.8, 4) is 22.3 Å². The molecule has 5 aromatic carbocycles. The van der Waals surface area contributed by atoms with Crippen molar-refractivity contribution in [2.24, 2.45) is 0 Å². The van der Waals surface area contributed by atoms with E-state index in [0.717, 1.165) is 46.6 Å². The second kappa shape index (κ2) is 8.97. The summed E-state index contributed by atoms with van der Waals surface area (Å²) in [5.41, 5.74) is 10.4. The number of benzene rings is 5. The fourth-order valence-corrected chi connectivity index (χ4v) is 5.05. The van der Waals surface area contributed by atoms with Gasteiger partial charge in [-0.25, -0.2) is 0 Å². The Labute approximate surface area is 214 Å². The lowest BCUT2D eigenvalue weighted by atomic mass is 9.98. The zero-order valence-electron chi connectivity index (χ0n) is 20.3. The van der Waals surface area contributed by atoms with Crippen LogP contribution in [0.1, 0.15) is 22.3 Å². The molecule has 0 aliphatic heterocycles. The van der Waals surface area contributed by atoms with Crippen molar-refractivity contribution in [3.05, 3.63) is 138 Å². The second-order valence-electron chi connectivity index (χ2n) is 9.47. The number of nitrogens with zero attached hydrogens (tertiary/aromatic N) is 1. The molecule has 6 rings (SSSR count). The van der Waals surface area contributed by atoms with E-state index in [1.165, 1.54) is 34.4 Å². The molecule has 1 aliphatic carbocycles. The molecule has 0 saturated heterocycles. The summed E-state index contributed by atoms with van der Waals surface area (Å²) in [6.07, 6.45) is -3.41. The summed E-state index contributed by atoms with van der Waals surface area (Å²) >= 11 is 0. The van der Waals surface area contributed by atoms with Crippen molar-refractivity contribution >= 4 is 17.1 Å². The van der Waals surface area contributed by atoms with Gasteiger partial charge in [0.05, 0.1) is 5.56 Å². The maximum absolute atomic E-state index is 13.2. The lowest BCUT2D eigenvalue weighted by molar-refractivity contribution is -0.137. The predicted octanol–water partition coefficient (Wildman–Crippen LogP) is 9.72. The highest BCUT2D eigenvalue weighted by molar-refractivity contribution is 5.83. The van der Waals surface area contributed by atoms with Gasteiger partial charge in [0.25, 0.3) is 0 Å². The van der Waals surface area contributed by atoms with Crippen LogP contribution in [0.5, 0.6) is 0 Å². The highest BCUT2D eigenvalue weighted by atomic mass is 19.4. The SMILES string of the molecule is Cc1ccc(N(c2ccc(-c3ccc4c(c3)-c3ccccc3C4)cc2)c2ccc(C(F)(F)F)cc2)cc1. The summed E-state index contributed by atoms with van der Waals surface area (Å²) in [4.78, 5) is 1.97. The fraction of sp³-hybridized carbons (Fsp3) is 0.0909. The topological polar surface area (TPSA) is 3.24 Å². The summed E-state index contributed by atoms with van der Waals surface area (Å²) in [6, 6.07) is 36.6. The van der Waals surface area contributed by atoms with Gasteiger partial charge in [0.2, 0.25) is 0 Å². The number of hydrogen-bond acceptors (Lipinski definition) is 1. The number of rotatable bonds is 4. The lowest BCUT2D eigenvalue weighted by Gasteiger charge is -2.26. The molecular weight excluding hydrogens is 467 g/mol. The van der Waals surface area contributed by atoms with E-state index in [1.807, 2.05) is 48.2 Å². The van der Waals surface area contributed by atoms with E-state index in [0.29, 0.717) is 5.69 Å². The maximum atomic E-state index is 13.2. The molecule has 0 amide bonds. The van der Waals surface area contributed by atoms with Crippen LogP contribution in [0.15, 0.2) is 115 Å². The molecule has 0 unspecified atom stereocenters. The molecule has 4 heteroatoms. The fourth-order valence-electron chi connectivity index (χ4n) is 5.05. The number of alkyl halides is 3. The van der Waals surface area contributed by atoms with Crippen LogP contribution >= 0.6 is 0 Å². The first kappa shape index (κ1) is 23.1. The molecule has 182 valence electrons. The Bertz CT molecular complexity index is 1560. The van der Waals surface area contributed by atoms with E-state index in [-0.39, 0.29) is 0 Å². The molecule has 0 bridgehead atoms. The second-order valence-corrected chi connectivity index (χ2v) is 9.47. The van der Waals surface area contributed by atoms with Crippen molar-refractivity contribution in [3.63, 3.8) is 0 Å². The molecule has 0 radical (unpaired) electrons. The Morgan fingerprint density at radius 2 is 1.11 bits per heavy atom. The minimum atomic E-state index is -4.37. The summed E-state index contributed by atoms with van der Waals surface area (Å²) in [5.74, 6) is 0. The number of fused-ring (bicyclic) bond motifs is 3. The Balaban J connectivity index is 1.37. The van der Waals surface area contributed by atoms with Gasteiger partial charge in [-0.3, -0.25) is 0 Å². The van der Waals surface area contributed by atoms with Crippen molar-refractivity contribution in [1.29, 1.82) is 0 Å². The standard InChI is InChI=1S/C33H24F3N/c1-22-6-14-28(15-7-22)37(30-18-12-27(13-19-30)33(34,35)36)29-16-10-23(11-17-29)24-8-9-26-20-25-4-2-3-5-31(25)32(26)21-24/h2-19,21H,20H2,1H3.